The van der Waals surface area contributed by atoms with Crippen LogP contribution in [0.15, 0.2) is 53.3 Å². The fraction of sp³-hybridized carbons (Fsp3) is 0.304. The Bertz CT molecular complexity index is 1140. The normalized spacial score (nSPS) is 15.7. The van der Waals surface area contributed by atoms with Crippen LogP contribution in [-0.4, -0.2) is 53.5 Å². The highest BCUT2D eigenvalue weighted by molar-refractivity contribution is 6.36. The SMILES string of the molecule is O=C(CN1CCN(Cc2cccc(C(F)(F)F)c2)CC1)c1conc1-c1ccc(Cl)cc1Cl. The number of nitrogens with zero attached hydrogens (tertiary/aromatic N) is 3. The lowest BCUT2D eigenvalue weighted by atomic mass is 10.0. The molecule has 2 heterocycles. The molecule has 10 heteroatoms. The summed E-state index contributed by atoms with van der Waals surface area (Å²) in [5, 5.41) is 4.79. The molecule has 2 aromatic carbocycles. The van der Waals surface area contributed by atoms with E-state index >= 15 is 0 Å². The number of aromatic nitrogens is 1. The van der Waals surface area contributed by atoms with Crippen molar-refractivity contribution in [1.82, 2.24) is 15.0 Å². The van der Waals surface area contributed by atoms with Gasteiger partial charge < -0.3 is 4.52 Å². The monoisotopic (exact) mass is 497 g/mol. The van der Waals surface area contributed by atoms with Gasteiger partial charge in [-0.05, 0) is 29.8 Å². The summed E-state index contributed by atoms with van der Waals surface area (Å²) in [5.74, 6) is -0.149. The summed E-state index contributed by atoms with van der Waals surface area (Å²) in [6.45, 7) is 3.12. The number of halogens is 5. The molecule has 0 atom stereocenters. The quantitative estimate of drug-likeness (QED) is 0.410. The zero-order chi connectivity index (χ0) is 23.6. The van der Waals surface area contributed by atoms with Gasteiger partial charge in [0.05, 0.1) is 22.7 Å². The Balaban J connectivity index is 1.35. The van der Waals surface area contributed by atoms with E-state index in [1.807, 2.05) is 4.90 Å². The summed E-state index contributed by atoms with van der Waals surface area (Å²) >= 11 is 12.2. The Labute approximate surface area is 198 Å². The molecule has 33 heavy (non-hydrogen) atoms. The van der Waals surface area contributed by atoms with E-state index in [0.717, 1.165) is 6.07 Å². The number of hydrogen-bond donors (Lipinski definition) is 0. The number of carbonyl (C=O) groups is 1. The third-order valence-electron chi connectivity index (χ3n) is 5.55. The molecule has 0 spiro atoms. The van der Waals surface area contributed by atoms with E-state index in [0.29, 0.717) is 65.2 Å². The van der Waals surface area contributed by atoms with E-state index in [-0.39, 0.29) is 12.3 Å². The van der Waals surface area contributed by atoms with Gasteiger partial charge in [0.25, 0.3) is 0 Å². The number of rotatable bonds is 6. The molecule has 0 unspecified atom stereocenters. The van der Waals surface area contributed by atoms with Crippen molar-refractivity contribution in [2.24, 2.45) is 0 Å². The first-order valence-electron chi connectivity index (χ1n) is 10.2. The van der Waals surface area contributed by atoms with Crippen LogP contribution in [0.25, 0.3) is 11.3 Å². The average molecular weight is 498 g/mol. The van der Waals surface area contributed by atoms with Crippen molar-refractivity contribution >= 4 is 29.0 Å². The highest BCUT2D eigenvalue weighted by Crippen LogP contribution is 2.32. The standard InChI is InChI=1S/C23H20Cl2F3N3O2/c24-17-4-5-18(20(25)11-17)22-19(14-33-29-22)21(32)13-31-8-6-30(7-9-31)12-15-2-1-3-16(10-15)23(26,27)28/h1-5,10-11,14H,6-9,12-13H2. The summed E-state index contributed by atoms with van der Waals surface area (Å²) < 4.78 is 43.9. The van der Waals surface area contributed by atoms with Crippen molar-refractivity contribution in [1.29, 1.82) is 0 Å². The largest absolute Gasteiger partial charge is 0.416 e. The second-order valence-electron chi connectivity index (χ2n) is 7.87. The minimum atomic E-state index is -4.36. The summed E-state index contributed by atoms with van der Waals surface area (Å²) in [4.78, 5) is 17.0. The second kappa shape index (κ2) is 9.85. The molecule has 174 valence electrons. The number of benzene rings is 2. The van der Waals surface area contributed by atoms with Crippen molar-refractivity contribution in [2.45, 2.75) is 12.7 Å². The number of Topliss-reactive ketones (excluding diaryl/α,β-unsaturated/α-hetero) is 1. The van der Waals surface area contributed by atoms with Crippen molar-refractivity contribution in [2.75, 3.05) is 32.7 Å². The molecule has 1 saturated heterocycles. The Morgan fingerprint density at radius 1 is 1.03 bits per heavy atom. The molecule has 5 nitrogen and oxygen atoms in total. The average Bonchev–Trinajstić information content (AvgIpc) is 3.24. The Morgan fingerprint density at radius 2 is 1.76 bits per heavy atom. The van der Waals surface area contributed by atoms with Crippen LogP contribution in [0.2, 0.25) is 10.0 Å². The lowest BCUT2D eigenvalue weighted by Gasteiger charge is -2.34. The maximum absolute atomic E-state index is 12.9. The zero-order valence-corrected chi connectivity index (χ0v) is 18.9. The first kappa shape index (κ1) is 23.8. The maximum atomic E-state index is 12.9. The fourth-order valence-corrected chi connectivity index (χ4v) is 4.31. The molecule has 0 N–H and O–H groups in total. The van der Waals surface area contributed by atoms with Gasteiger partial charge in [-0.15, -0.1) is 0 Å². The molecular formula is C23H20Cl2F3N3O2. The molecule has 0 radical (unpaired) electrons. The van der Waals surface area contributed by atoms with Crippen LogP contribution < -0.4 is 0 Å². The highest BCUT2D eigenvalue weighted by atomic mass is 35.5. The van der Waals surface area contributed by atoms with E-state index in [1.165, 1.54) is 18.4 Å². The molecule has 3 aromatic rings. The first-order valence-corrected chi connectivity index (χ1v) is 11.0. The zero-order valence-electron chi connectivity index (χ0n) is 17.4. The number of carbonyl (C=O) groups excluding carboxylic acids is 1. The van der Waals surface area contributed by atoms with E-state index in [2.05, 4.69) is 10.1 Å². The van der Waals surface area contributed by atoms with Crippen LogP contribution in [0.4, 0.5) is 13.2 Å². The van der Waals surface area contributed by atoms with Crippen molar-refractivity contribution < 1.29 is 22.5 Å². The van der Waals surface area contributed by atoms with Crippen LogP contribution in [0.3, 0.4) is 0 Å². The van der Waals surface area contributed by atoms with Gasteiger partial charge >= 0.3 is 6.18 Å². The Morgan fingerprint density at radius 3 is 2.45 bits per heavy atom. The molecule has 4 rings (SSSR count). The van der Waals surface area contributed by atoms with Gasteiger partial charge in [-0.1, -0.05) is 46.6 Å². The summed E-state index contributed by atoms with van der Waals surface area (Å²) in [5.41, 5.74) is 1.23. The summed E-state index contributed by atoms with van der Waals surface area (Å²) in [6.07, 6.45) is -3.04. The van der Waals surface area contributed by atoms with Gasteiger partial charge in [0.1, 0.15) is 12.0 Å². The van der Waals surface area contributed by atoms with Gasteiger partial charge in [-0.25, -0.2) is 0 Å². The van der Waals surface area contributed by atoms with Crippen LogP contribution in [0.1, 0.15) is 21.5 Å². The van der Waals surface area contributed by atoms with E-state index < -0.39 is 11.7 Å². The molecule has 1 fully saturated rings. The molecule has 1 aliphatic heterocycles. The Hall–Kier alpha value is -2.39. The number of piperazine rings is 1. The van der Waals surface area contributed by atoms with Gasteiger partial charge in [-0.3, -0.25) is 14.6 Å². The van der Waals surface area contributed by atoms with Gasteiger partial charge in [0, 0.05) is 43.3 Å². The van der Waals surface area contributed by atoms with Gasteiger partial charge in [0.2, 0.25) is 0 Å². The minimum Gasteiger partial charge on any atom is -0.363 e. The number of ketones is 1. The van der Waals surface area contributed by atoms with Gasteiger partial charge in [0.15, 0.2) is 5.78 Å². The first-order chi connectivity index (χ1) is 15.7. The summed E-state index contributed by atoms with van der Waals surface area (Å²) in [6, 6.07) is 10.3. The van der Waals surface area contributed by atoms with Crippen LogP contribution >= 0.6 is 23.2 Å². The van der Waals surface area contributed by atoms with Crippen LogP contribution in [0, 0.1) is 0 Å². The maximum Gasteiger partial charge on any atom is 0.416 e. The molecule has 0 saturated carbocycles. The highest BCUT2D eigenvalue weighted by Gasteiger charge is 2.30. The van der Waals surface area contributed by atoms with Crippen molar-refractivity contribution in [3.05, 3.63) is 75.5 Å². The van der Waals surface area contributed by atoms with E-state index in [4.69, 9.17) is 27.7 Å². The topological polar surface area (TPSA) is 49.6 Å². The minimum absolute atomic E-state index is 0.149. The smallest absolute Gasteiger partial charge is 0.363 e. The predicted octanol–water partition coefficient (Wildman–Crippen LogP) is 5.67. The molecular weight excluding hydrogens is 478 g/mol. The molecule has 1 aromatic heterocycles. The molecule has 0 bridgehead atoms. The lowest BCUT2D eigenvalue weighted by molar-refractivity contribution is -0.137. The van der Waals surface area contributed by atoms with Crippen LogP contribution in [0.5, 0.6) is 0 Å². The van der Waals surface area contributed by atoms with Crippen LogP contribution in [-0.2, 0) is 12.7 Å². The van der Waals surface area contributed by atoms with Gasteiger partial charge in [-0.2, -0.15) is 13.2 Å². The Kier molecular flexibility index (Phi) is 7.09. The lowest BCUT2D eigenvalue weighted by Crippen LogP contribution is -2.47. The van der Waals surface area contributed by atoms with Crippen molar-refractivity contribution in [3.63, 3.8) is 0 Å². The fourth-order valence-electron chi connectivity index (χ4n) is 3.81. The van der Waals surface area contributed by atoms with E-state index in [9.17, 15) is 18.0 Å². The number of alkyl halides is 3. The number of hydrogen-bond acceptors (Lipinski definition) is 5. The van der Waals surface area contributed by atoms with E-state index in [1.54, 1.807) is 24.3 Å². The third-order valence-corrected chi connectivity index (χ3v) is 6.10. The molecule has 1 aliphatic rings. The summed E-state index contributed by atoms with van der Waals surface area (Å²) in [7, 11) is 0. The predicted molar refractivity (Wildman–Crippen MR) is 119 cm³/mol. The second-order valence-corrected chi connectivity index (χ2v) is 8.72. The van der Waals surface area contributed by atoms with Crippen molar-refractivity contribution in [3.8, 4) is 11.3 Å². The molecule has 0 aliphatic carbocycles. The third kappa shape index (κ3) is 5.76. The molecule has 0 amide bonds.